The number of sulfonamides is 1. The Hall–Kier alpha value is -2.20. The minimum Gasteiger partial charge on any atom is -0.480 e. The second-order valence-electron chi connectivity index (χ2n) is 5.53. The van der Waals surface area contributed by atoms with Crippen LogP contribution in [0.25, 0.3) is 0 Å². The summed E-state index contributed by atoms with van der Waals surface area (Å²) < 4.78 is 39.1. The summed E-state index contributed by atoms with van der Waals surface area (Å²) in [5, 5.41) is 0.0596. The number of imidazole rings is 1. The van der Waals surface area contributed by atoms with E-state index in [0.717, 1.165) is 0 Å². The summed E-state index contributed by atoms with van der Waals surface area (Å²) in [6.07, 6.45) is 4.76. The monoisotopic (exact) mass is 353 g/mol. The maximum Gasteiger partial charge on any atom is 0.262 e. The van der Waals surface area contributed by atoms with Gasteiger partial charge in [-0.05, 0) is 13.3 Å². The minimum atomic E-state index is -3.62. The molecule has 1 fully saturated rings. The Balaban J connectivity index is 1.70. The molecule has 1 aliphatic rings. The van der Waals surface area contributed by atoms with Crippen LogP contribution in [0.5, 0.6) is 11.8 Å². The van der Waals surface area contributed by atoms with Crippen molar-refractivity contribution in [3.05, 3.63) is 24.4 Å². The largest absolute Gasteiger partial charge is 0.480 e. The zero-order valence-electron chi connectivity index (χ0n) is 13.7. The predicted octanol–water partition coefficient (Wildman–Crippen LogP) is 0.369. The molecule has 0 N–H and O–H groups in total. The summed E-state index contributed by atoms with van der Waals surface area (Å²) in [6, 6.07) is 0. The van der Waals surface area contributed by atoms with Gasteiger partial charge in [-0.1, -0.05) is 0 Å². The van der Waals surface area contributed by atoms with Crippen LogP contribution in [0, 0.1) is 6.92 Å². The summed E-state index contributed by atoms with van der Waals surface area (Å²) in [7, 11) is -0.363. The Labute approximate surface area is 140 Å². The smallest absolute Gasteiger partial charge is 0.262 e. The van der Waals surface area contributed by atoms with E-state index in [-0.39, 0.29) is 17.7 Å². The number of ether oxygens (including phenoxy) is 2. The number of methoxy groups -OCH3 is 1. The van der Waals surface area contributed by atoms with Crippen molar-refractivity contribution < 1.29 is 17.9 Å². The van der Waals surface area contributed by atoms with Gasteiger partial charge in [-0.2, -0.15) is 9.29 Å². The van der Waals surface area contributed by atoms with Gasteiger partial charge in [-0.25, -0.2) is 13.4 Å². The number of aromatic nitrogens is 4. The standard InChI is InChI=1S/C14H19N5O4S/c1-10-16-14(9-18(10)2)24(20,21)19-5-4-11(8-19)23-13-7-15-6-12(17-13)22-3/h6-7,9,11H,4-5,8H2,1-3H3. The molecule has 1 atom stereocenters. The Morgan fingerprint density at radius 2 is 2.00 bits per heavy atom. The molecule has 10 heteroatoms. The van der Waals surface area contributed by atoms with Crippen molar-refractivity contribution in [1.29, 1.82) is 0 Å². The van der Waals surface area contributed by atoms with E-state index in [1.807, 2.05) is 0 Å². The van der Waals surface area contributed by atoms with Crippen molar-refractivity contribution in [1.82, 2.24) is 23.8 Å². The third kappa shape index (κ3) is 3.20. The molecule has 0 spiro atoms. The van der Waals surface area contributed by atoms with Crippen molar-refractivity contribution in [3.63, 3.8) is 0 Å². The van der Waals surface area contributed by atoms with Gasteiger partial charge in [0.1, 0.15) is 11.9 Å². The minimum absolute atomic E-state index is 0.0596. The van der Waals surface area contributed by atoms with Crippen molar-refractivity contribution in [2.75, 3.05) is 20.2 Å². The molecule has 0 aliphatic carbocycles. The van der Waals surface area contributed by atoms with E-state index in [4.69, 9.17) is 9.47 Å². The zero-order valence-corrected chi connectivity index (χ0v) is 14.5. The van der Waals surface area contributed by atoms with E-state index >= 15 is 0 Å². The number of hydrogen-bond donors (Lipinski definition) is 0. The normalized spacial score (nSPS) is 18.7. The Kier molecular flexibility index (Phi) is 4.41. The van der Waals surface area contributed by atoms with Gasteiger partial charge < -0.3 is 14.0 Å². The van der Waals surface area contributed by atoms with E-state index in [1.165, 1.54) is 30.0 Å². The van der Waals surface area contributed by atoms with E-state index < -0.39 is 10.0 Å². The predicted molar refractivity (Wildman–Crippen MR) is 84.3 cm³/mol. The fraction of sp³-hybridized carbons (Fsp3) is 0.500. The first-order valence-electron chi connectivity index (χ1n) is 7.43. The van der Waals surface area contributed by atoms with Crippen LogP contribution in [-0.2, 0) is 17.1 Å². The van der Waals surface area contributed by atoms with Gasteiger partial charge in [0.2, 0.25) is 11.8 Å². The van der Waals surface area contributed by atoms with Gasteiger partial charge in [0.15, 0.2) is 5.03 Å². The van der Waals surface area contributed by atoms with E-state index in [9.17, 15) is 8.42 Å². The fourth-order valence-electron chi connectivity index (χ4n) is 2.45. The maximum absolute atomic E-state index is 12.6. The van der Waals surface area contributed by atoms with Crippen molar-refractivity contribution in [3.8, 4) is 11.8 Å². The molecular formula is C14H19N5O4S. The fourth-order valence-corrected chi connectivity index (χ4v) is 3.96. The highest BCUT2D eigenvalue weighted by Crippen LogP contribution is 2.23. The number of nitrogens with zero attached hydrogens (tertiary/aromatic N) is 5. The summed E-state index contributed by atoms with van der Waals surface area (Å²) in [5.41, 5.74) is 0. The lowest BCUT2D eigenvalue weighted by Crippen LogP contribution is -2.31. The molecule has 0 saturated carbocycles. The summed E-state index contributed by atoms with van der Waals surface area (Å²) in [6.45, 7) is 2.38. The van der Waals surface area contributed by atoms with Gasteiger partial charge in [-0.3, -0.25) is 4.98 Å². The first kappa shape index (κ1) is 16.7. The van der Waals surface area contributed by atoms with Crippen LogP contribution in [0.2, 0.25) is 0 Å². The molecule has 3 heterocycles. The molecule has 1 saturated heterocycles. The van der Waals surface area contributed by atoms with E-state index in [2.05, 4.69) is 15.0 Å². The highest BCUT2D eigenvalue weighted by Gasteiger charge is 2.35. The molecule has 3 rings (SSSR count). The molecule has 1 unspecified atom stereocenters. The van der Waals surface area contributed by atoms with Crippen LogP contribution in [0.3, 0.4) is 0 Å². The molecule has 0 radical (unpaired) electrons. The number of rotatable bonds is 5. The Morgan fingerprint density at radius 3 is 2.67 bits per heavy atom. The van der Waals surface area contributed by atoms with Crippen molar-refractivity contribution >= 4 is 10.0 Å². The van der Waals surface area contributed by atoms with Gasteiger partial charge in [0, 0.05) is 19.8 Å². The highest BCUT2D eigenvalue weighted by molar-refractivity contribution is 7.89. The van der Waals surface area contributed by atoms with Gasteiger partial charge in [-0.15, -0.1) is 0 Å². The lowest BCUT2D eigenvalue weighted by atomic mass is 10.3. The van der Waals surface area contributed by atoms with Crippen LogP contribution < -0.4 is 9.47 Å². The molecular weight excluding hydrogens is 334 g/mol. The molecule has 130 valence electrons. The lowest BCUT2D eigenvalue weighted by Gasteiger charge is -2.15. The summed E-state index contributed by atoms with van der Waals surface area (Å²) >= 11 is 0. The third-order valence-corrected chi connectivity index (χ3v) is 5.62. The van der Waals surface area contributed by atoms with Crippen molar-refractivity contribution in [2.24, 2.45) is 7.05 Å². The van der Waals surface area contributed by atoms with Gasteiger partial charge in [0.25, 0.3) is 10.0 Å². The number of hydrogen-bond acceptors (Lipinski definition) is 7. The Morgan fingerprint density at radius 1 is 1.25 bits per heavy atom. The SMILES string of the molecule is COc1cncc(OC2CCN(S(=O)(=O)c3cn(C)c(C)n3)C2)n1. The second kappa shape index (κ2) is 6.36. The average Bonchev–Trinajstić information content (AvgIpc) is 3.16. The topological polar surface area (TPSA) is 99.4 Å². The lowest BCUT2D eigenvalue weighted by molar-refractivity contribution is 0.203. The quantitative estimate of drug-likeness (QED) is 0.765. The van der Waals surface area contributed by atoms with Crippen LogP contribution in [0.15, 0.2) is 23.6 Å². The third-order valence-electron chi connectivity index (χ3n) is 3.89. The zero-order chi connectivity index (χ0) is 17.3. The number of aryl methyl sites for hydroxylation is 2. The first-order chi connectivity index (χ1) is 11.4. The van der Waals surface area contributed by atoms with Crippen LogP contribution >= 0.6 is 0 Å². The second-order valence-corrected chi connectivity index (χ2v) is 7.41. The van der Waals surface area contributed by atoms with E-state index in [1.54, 1.807) is 18.5 Å². The molecule has 2 aromatic rings. The Bertz CT molecular complexity index is 816. The highest BCUT2D eigenvalue weighted by atomic mass is 32.2. The van der Waals surface area contributed by atoms with Crippen molar-refractivity contribution in [2.45, 2.75) is 24.5 Å². The van der Waals surface area contributed by atoms with E-state index in [0.29, 0.717) is 30.5 Å². The first-order valence-corrected chi connectivity index (χ1v) is 8.87. The van der Waals surface area contributed by atoms with Gasteiger partial charge >= 0.3 is 0 Å². The molecule has 9 nitrogen and oxygen atoms in total. The molecule has 0 bridgehead atoms. The molecule has 1 aliphatic heterocycles. The molecule has 0 amide bonds. The summed E-state index contributed by atoms with van der Waals surface area (Å²) in [4.78, 5) is 12.2. The summed E-state index contributed by atoms with van der Waals surface area (Å²) in [5.74, 6) is 1.30. The van der Waals surface area contributed by atoms with Crippen LogP contribution in [0.1, 0.15) is 12.2 Å². The molecule has 2 aromatic heterocycles. The maximum atomic E-state index is 12.6. The average molecular weight is 353 g/mol. The molecule has 0 aromatic carbocycles. The van der Waals surface area contributed by atoms with Gasteiger partial charge in [0.05, 0.1) is 26.0 Å². The van der Waals surface area contributed by atoms with Crippen LogP contribution in [0.4, 0.5) is 0 Å². The van der Waals surface area contributed by atoms with Crippen LogP contribution in [-0.4, -0.2) is 58.5 Å². The molecule has 24 heavy (non-hydrogen) atoms.